The van der Waals surface area contributed by atoms with Crippen LogP contribution in [0.15, 0.2) is 28.6 Å². The Morgan fingerprint density at radius 1 is 1.31 bits per heavy atom. The predicted octanol–water partition coefficient (Wildman–Crippen LogP) is 3.45. The second-order valence-corrected chi connectivity index (χ2v) is 10.4. The van der Waals surface area contributed by atoms with Crippen molar-refractivity contribution in [3.63, 3.8) is 0 Å². The number of anilines is 1. The number of carbonyl (C=O) groups excluding carboxylic acids is 1. The summed E-state index contributed by atoms with van der Waals surface area (Å²) >= 11 is 1.33. The van der Waals surface area contributed by atoms with Crippen LogP contribution in [-0.2, 0) is 9.53 Å². The van der Waals surface area contributed by atoms with Crippen molar-refractivity contribution in [1.29, 1.82) is 0 Å². The molecule has 5 rings (SSSR count). The van der Waals surface area contributed by atoms with Gasteiger partial charge in [0, 0.05) is 43.9 Å². The summed E-state index contributed by atoms with van der Waals surface area (Å²) in [5.41, 5.74) is 0.118. The van der Waals surface area contributed by atoms with E-state index in [1.165, 1.54) is 17.5 Å². The number of hydrogen-bond donors (Lipinski definition) is 1. The highest BCUT2D eigenvalue weighted by Crippen LogP contribution is 2.31. The van der Waals surface area contributed by atoms with Crippen molar-refractivity contribution in [2.75, 3.05) is 24.6 Å². The summed E-state index contributed by atoms with van der Waals surface area (Å²) in [5, 5.41) is 12.1. The topological polar surface area (TPSA) is 115 Å². The number of thiazole rings is 1. The van der Waals surface area contributed by atoms with Crippen molar-refractivity contribution in [2.24, 2.45) is 11.8 Å². The Hall–Kier alpha value is -3.11. The van der Waals surface area contributed by atoms with Gasteiger partial charge in [-0.3, -0.25) is 14.2 Å². The molecule has 0 aliphatic carbocycles. The molecular formula is C25H28N4O5S. The Balaban J connectivity index is 1.39. The van der Waals surface area contributed by atoms with Gasteiger partial charge in [-0.2, -0.15) is 0 Å². The Kier molecular flexibility index (Phi) is 6.41. The zero-order valence-electron chi connectivity index (χ0n) is 19.8. The second-order valence-electron chi connectivity index (χ2n) is 9.51. The summed E-state index contributed by atoms with van der Waals surface area (Å²) in [7, 11) is 0. The third-order valence-corrected chi connectivity index (χ3v) is 7.80. The van der Waals surface area contributed by atoms with Gasteiger partial charge in [-0.15, -0.1) is 11.3 Å². The molecule has 0 saturated carbocycles. The van der Waals surface area contributed by atoms with Crippen LogP contribution in [0.1, 0.15) is 48.5 Å². The number of carboxylic acids is 1. The van der Waals surface area contributed by atoms with Crippen LogP contribution in [0.4, 0.5) is 5.82 Å². The van der Waals surface area contributed by atoms with Gasteiger partial charge in [0.2, 0.25) is 5.43 Å². The highest BCUT2D eigenvalue weighted by Gasteiger charge is 2.35. The molecule has 2 aliphatic rings. The average Bonchev–Trinajstić information content (AvgIpc) is 3.33. The van der Waals surface area contributed by atoms with E-state index in [4.69, 9.17) is 9.72 Å². The van der Waals surface area contributed by atoms with Gasteiger partial charge in [0.05, 0.1) is 17.4 Å². The van der Waals surface area contributed by atoms with Crippen LogP contribution in [0, 0.1) is 18.8 Å². The lowest BCUT2D eigenvalue weighted by molar-refractivity contribution is -0.126. The SMILES string of the molecule is Cc1cc(N2CC(C(=O)CC(C)C3CCCCO3)C2)nc2c1c(=O)c(C(=O)O)cn2-c1nccs1. The molecule has 184 valence electrons. The summed E-state index contributed by atoms with van der Waals surface area (Å²) in [6.07, 6.45) is 6.89. The largest absolute Gasteiger partial charge is 0.477 e. The maximum atomic E-state index is 12.9. The number of ether oxygens (including phenoxy) is 1. The van der Waals surface area contributed by atoms with E-state index in [2.05, 4.69) is 11.9 Å². The molecule has 0 radical (unpaired) electrons. The molecule has 35 heavy (non-hydrogen) atoms. The van der Waals surface area contributed by atoms with E-state index in [1.807, 2.05) is 4.90 Å². The number of nitrogens with zero attached hydrogens (tertiary/aromatic N) is 4. The number of aromatic carboxylic acids is 1. The number of hydrogen-bond acceptors (Lipinski definition) is 8. The summed E-state index contributed by atoms with van der Waals surface area (Å²) in [6.45, 7) is 5.81. The number of Topliss-reactive ketones (excluding diaryl/α,β-unsaturated/α-hetero) is 1. The van der Waals surface area contributed by atoms with Crippen molar-refractivity contribution in [3.05, 3.63) is 45.2 Å². The first-order valence-corrected chi connectivity index (χ1v) is 12.8. The Bertz CT molecular complexity index is 1320. The molecule has 2 atom stereocenters. The summed E-state index contributed by atoms with van der Waals surface area (Å²) < 4.78 is 7.41. The molecule has 3 aromatic heterocycles. The number of pyridine rings is 2. The van der Waals surface area contributed by atoms with Crippen molar-refractivity contribution < 1.29 is 19.4 Å². The molecule has 3 aromatic rings. The lowest BCUT2D eigenvalue weighted by Crippen LogP contribution is -2.51. The zero-order chi connectivity index (χ0) is 24.7. The highest BCUT2D eigenvalue weighted by atomic mass is 32.1. The molecule has 10 heteroatoms. The minimum atomic E-state index is -1.29. The lowest BCUT2D eigenvalue weighted by atomic mass is 9.86. The smallest absolute Gasteiger partial charge is 0.341 e. The highest BCUT2D eigenvalue weighted by molar-refractivity contribution is 7.12. The molecule has 1 N–H and O–H groups in total. The van der Waals surface area contributed by atoms with E-state index in [9.17, 15) is 19.5 Å². The number of aromatic nitrogens is 3. The van der Waals surface area contributed by atoms with Crippen LogP contribution in [0.3, 0.4) is 0 Å². The molecule has 0 spiro atoms. The van der Waals surface area contributed by atoms with Crippen molar-refractivity contribution in [3.8, 4) is 5.13 Å². The summed E-state index contributed by atoms with van der Waals surface area (Å²) in [6, 6.07) is 1.79. The molecule has 2 saturated heterocycles. The quantitative estimate of drug-likeness (QED) is 0.529. The van der Waals surface area contributed by atoms with Gasteiger partial charge in [0.25, 0.3) is 0 Å². The second kappa shape index (κ2) is 9.50. The van der Waals surface area contributed by atoms with Crippen molar-refractivity contribution in [1.82, 2.24) is 14.5 Å². The van der Waals surface area contributed by atoms with E-state index in [0.29, 0.717) is 41.7 Å². The first-order chi connectivity index (χ1) is 16.8. The van der Waals surface area contributed by atoms with E-state index < -0.39 is 11.4 Å². The third kappa shape index (κ3) is 4.48. The Morgan fingerprint density at radius 2 is 2.11 bits per heavy atom. The van der Waals surface area contributed by atoms with Gasteiger partial charge in [0.1, 0.15) is 17.2 Å². The number of rotatable bonds is 7. The van der Waals surface area contributed by atoms with Gasteiger partial charge >= 0.3 is 5.97 Å². The van der Waals surface area contributed by atoms with Gasteiger partial charge in [-0.05, 0) is 43.7 Å². The van der Waals surface area contributed by atoms with Crippen molar-refractivity contribution >= 4 is 39.9 Å². The van der Waals surface area contributed by atoms with Crippen LogP contribution in [0.5, 0.6) is 0 Å². The summed E-state index contributed by atoms with van der Waals surface area (Å²) in [5.74, 6) is -0.201. The average molecular weight is 497 g/mol. The molecule has 0 amide bonds. The molecule has 5 heterocycles. The number of aryl methyl sites for hydroxylation is 1. The van der Waals surface area contributed by atoms with Crippen LogP contribution in [0.25, 0.3) is 16.2 Å². The fraction of sp³-hybridized carbons (Fsp3) is 0.480. The minimum Gasteiger partial charge on any atom is -0.477 e. The van der Waals surface area contributed by atoms with Crippen LogP contribution in [0.2, 0.25) is 0 Å². The Morgan fingerprint density at radius 3 is 2.77 bits per heavy atom. The maximum Gasteiger partial charge on any atom is 0.341 e. The lowest BCUT2D eigenvalue weighted by Gasteiger charge is -2.40. The maximum absolute atomic E-state index is 12.9. The fourth-order valence-corrected chi connectivity index (χ4v) is 5.59. The normalized spacial score (nSPS) is 19.5. The molecule has 2 aliphatic heterocycles. The number of carbonyl (C=O) groups is 2. The molecule has 0 bridgehead atoms. The standard InChI is InChI=1S/C25H28N4O5S/c1-14(19-5-3-4-7-34-19)9-18(30)16-11-28(12-16)20-10-15(2)21-22(31)17(24(32)33)13-29(23(21)27-20)25-26-6-8-35-25/h6,8,10,13-14,16,19H,3-5,7,9,11-12H2,1-2H3,(H,32,33). The van der Waals surface area contributed by atoms with E-state index >= 15 is 0 Å². The third-order valence-electron chi connectivity index (χ3n) is 7.03. The monoisotopic (exact) mass is 496 g/mol. The Labute approximate surface area is 206 Å². The van der Waals surface area contributed by atoms with Gasteiger partial charge in [0.15, 0.2) is 10.8 Å². The number of carboxylic acid groups (broad SMARTS) is 1. The summed E-state index contributed by atoms with van der Waals surface area (Å²) in [4.78, 5) is 48.6. The minimum absolute atomic E-state index is 0.0469. The van der Waals surface area contributed by atoms with Crippen LogP contribution >= 0.6 is 11.3 Å². The van der Waals surface area contributed by atoms with Gasteiger partial charge in [-0.25, -0.2) is 14.8 Å². The number of fused-ring (bicyclic) bond motifs is 1. The fourth-order valence-electron chi connectivity index (χ4n) is 4.97. The van der Waals surface area contributed by atoms with Gasteiger partial charge in [-0.1, -0.05) is 6.92 Å². The van der Waals surface area contributed by atoms with Gasteiger partial charge < -0.3 is 14.7 Å². The van der Waals surface area contributed by atoms with Crippen LogP contribution in [-0.4, -0.2) is 57.2 Å². The van der Waals surface area contributed by atoms with E-state index in [0.717, 1.165) is 25.9 Å². The first kappa shape index (κ1) is 23.6. The molecule has 0 aromatic carbocycles. The molecular weight excluding hydrogens is 468 g/mol. The van der Waals surface area contributed by atoms with E-state index in [-0.39, 0.29) is 34.7 Å². The predicted molar refractivity (Wildman–Crippen MR) is 133 cm³/mol. The van der Waals surface area contributed by atoms with Crippen LogP contribution < -0.4 is 10.3 Å². The first-order valence-electron chi connectivity index (χ1n) is 11.9. The van der Waals surface area contributed by atoms with E-state index in [1.54, 1.807) is 29.1 Å². The molecule has 9 nitrogen and oxygen atoms in total. The molecule has 2 unspecified atom stereocenters. The molecule has 2 fully saturated rings. The zero-order valence-corrected chi connectivity index (χ0v) is 20.6. The number of ketones is 1. The van der Waals surface area contributed by atoms with Crippen molar-refractivity contribution in [2.45, 2.75) is 45.6 Å².